The third-order valence-electron chi connectivity index (χ3n) is 2.10. The van der Waals surface area contributed by atoms with Gasteiger partial charge >= 0.3 is 0 Å². The monoisotopic (exact) mass is 195 g/mol. The Hall–Kier alpha value is -1.16. The molecule has 4 nitrogen and oxygen atoms in total. The number of hydrogen-bond acceptors (Lipinski definition) is 4. The molecule has 1 N–H and O–H groups in total. The molecule has 0 radical (unpaired) electrons. The van der Waals surface area contributed by atoms with E-state index in [9.17, 15) is 0 Å². The zero-order chi connectivity index (χ0) is 10.4. The lowest BCUT2D eigenvalue weighted by atomic mass is 10.1. The van der Waals surface area contributed by atoms with Crippen LogP contribution in [0.2, 0.25) is 0 Å². The summed E-state index contributed by atoms with van der Waals surface area (Å²) in [4.78, 5) is 4.28. The highest BCUT2D eigenvalue weighted by molar-refractivity contribution is 4.92. The van der Waals surface area contributed by atoms with Gasteiger partial charge in [0.2, 0.25) is 5.89 Å². The van der Waals surface area contributed by atoms with Gasteiger partial charge in [0.25, 0.3) is 0 Å². The van der Waals surface area contributed by atoms with E-state index in [4.69, 9.17) is 4.52 Å². The first kappa shape index (κ1) is 10.9. The number of rotatable bonds is 6. The van der Waals surface area contributed by atoms with E-state index in [-0.39, 0.29) is 0 Å². The lowest BCUT2D eigenvalue weighted by Gasteiger charge is -1.98. The molecule has 0 spiro atoms. The van der Waals surface area contributed by atoms with E-state index in [0.29, 0.717) is 18.4 Å². The van der Waals surface area contributed by atoms with Crippen molar-refractivity contribution in [2.24, 2.45) is 0 Å². The Labute approximate surface area is 84.4 Å². The molecule has 0 aliphatic rings. The molecule has 0 amide bonds. The maximum absolute atomic E-state index is 5.08. The minimum absolute atomic E-state index is 0.368. The van der Waals surface area contributed by atoms with Crippen molar-refractivity contribution in [3.05, 3.63) is 24.4 Å². The molecule has 1 unspecified atom stereocenters. The summed E-state index contributed by atoms with van der Waals surface area (Å²) >= 11 is 0. The predicted octanol–water partition coefficient (Wildman–Crippen LogP) is 1.86. The summed E-state index contributed by atoms with van der Waals surface area (Å²) in [5.74, 6) is 1.80. The molecule has 0 aromatic carbocycles. The van der Waals surface area contributed by atoms with Crippen molar-refractivity contribution in [2.75, 3.05) is 6.54 Å². The van der Waals surface area contributed by atoms with Gasteiger partial charge in [-0.1, -0.05) is 25.1 Å². The van der Waals surface area contributed by atoms with Gasteiger partial charge in [-0.2, -0.15) is 4.98 Å². The fourth-order valence-corrected chi connectivity index (χ4v) is 1.00. The summed E-state index contributed by atoms with van der Waals surface area (Å²) in [5.41, 5.74) is 0. The molecule has 1 aromatic rings. The third kappa shape index (κ3) is 2.96. The number of nitrogens with zero attached hydrogens (tertiary/aromatic N) is 2. The van der Waals surface area contributed by atoms with E-state index in [1.165, 1.54) is 0 Å². The molecule has 0 aliphatic heterocycles. The average molecular weight is 195 g/mol. The smallest absolute Gasteiger partial charge is 0.240 e. The number of aromatic nitrogens is 2. The maximum Gasteiger partial charge on any atom is 0.240 e. The van der Waals surface area contributed by atoms with Gasteiger partial charge in [0.15, 0.2) is 5.82 Å². The molecule has 0 fully saturated rings. The average Bonchev–Trinajstić information content (AvgIpc) is 2.66. The molecule has 1 aromatic heterocycles. The topological polar surface area (TPSA) is 51.0 Å². The fraction of sp³-hybridized carbons (Fsp3) is 0.600. The van der Waals surface area contributed by atoms with E-state index in [1.54, 1.807) is 6.08 Å². The molecule has 0 bridgehead atoms. The summed E-state index contributed by atoms with van der Waals surface area (Å²) in [6, 6.07) is 0. The van der Waals surface area contributed by atoms with Crippen molar-refractivity contribution >= 4 is 0 Å². The van der Waals surface area contributed by atoms with Gasteiger partial charge in [-0.15, -0.1) is 6.58 Å². The number of nitrogens with one attached hydrogen (secondary N) is 1. The van der Waals surface area contributed by atoms with Gasteiger partial charge < -0.3 is 9.84 Å². The van der Waals surface area contributed by atoms with Crippen LogP contribution in [0.15, 0.2) is 17.2 Å². The molecular formula is C10H17N3O. The molecule has 0 aliphatic carbocycles. The van der Waals surface area contributed by atoms with Crippen molar-refractivity contribution in [1.82, 2.24) is 15.5 Å². The summed E-state index contributed by atoms with van der Waals surface area (Å²) in [7, 11) is 0. The van der Waals surface area contributed by atoms with Crippen LogP contribution < -0.4 is 5.32 Å². The van der Waals surface area contributed by atoms with E-state index in [1.807, 2.05) is 0 Å². The highest BCUT2D eigenvalue weighted by Crippen LogP contribution is 2.14. The molecule has 0 saturated carbocycles. The Morgan fingerprint density at radius 2 is 2.43 bits per heavy atom. The van der Waals surface area contributed by atoms with Crippen LogP contribution in [0.4, 0.5) is 0 Å². The standard InChI is InChI=1S/C10H17N3O/c1-4-6-11-7-9-12-10(13-14-9)8(3)5-2/h4,8,11H,1,5-7H2,2-3H3. The molecule has 1 heterocycles. The second kappa shape index (κ2) is 5.54. The first-order valence-corrected chi connectivity index (χ1v) is 4.92. The van der Waals surface area contributed by atoms with E-state index < -0.39 is 0 Å². The second-order valence-corrected chi connectivity index (χ2v) is 3.28. The Balaban J connectivity index is 2.46. The third-order valence-corrected chi connectivity index (χ3v) is 2.10. The van der Waals surface area contributed by atoms with Gasteiger partial charge in [0.1, 0.15) is 0 Å². The van der Waals surface area contributed by atoms with Gasteiger partial charge in [0, 0.05) is 12.5 Å². The zero-order valence-electron chi connectivity index (χ0n) is 8.79. The van der Waals surface area contributed by atoms with Crippen LogP contribution in [0.3, 0.4) is 0 Å². The summed E-state index contributed by atoms with van der Waals surface area (Å²) in [6.07, 6.45) is 2.82. The first-order valence-electron chi connectivity index (χ1n) is 4.92. The lowest BCUT2D eigenvalue weighted by Crippen LogP contribution is -2.12. The Bertz CT molecular complexity index is 283. The fourth-order valence-electron chi connectivity index (χ4n) is 1.00. The lowest BCUT2D eigenvalue weighted by molar-refractivity contribution is 0.362. The van der Waals surface area contributed by atoms with Crippen LogP contribution >= 0.6 is 0 Å². The van der Waals surface area contributed by atoms with Crippen molar-refractivity contribution in [1.29, 1.82) is 0 Å². The van der Waals surface area contributed by atoms with Crippen LogP contribution in [0, 0.1) is 0 Å². The van der Waals surface area contributed by atoms with Gasteiger partial charge in [-0.05, 0) is 6.42 Å². The van der Waals surface area contributed by atoms with Gasteiger partial charge in [-0.3, -0.25) is 0 Å². The molecule has 78 valence electrons. The molecule has 14 heavy (non-hydrogen) atoms. The van der Waals surface area contributed by atoms with E-state index >= 15 is 0 Å². The minimum atomic E-state index is 0.368. The van der Waals surface area contributed by atoms with Crippen LogP contribution in [-0.2, 0) is 6.54 Å². The normalized spacial score (nSPS) is 12.7. The molecular weight excluding hydrogens is 178 g/mol. The zero-order valence-corrected chi connectivity index (χ0v) is 8.79. The van der Waals surface area contributed by atoms with Crippen LogP contribution in [-0.4, -0.2) is 16.7 Å². The summed E-state index contributed by atoms with van der Waals surface area (Å²) in [6.45, 7) is 9.16. The summed E-state index contributed by atoms with van der Waals surface area (Å²) in [5, 5.41) is 7.02. The van der Waals surface area contributed by atoms with Gasteiger partial charge in [0.05, 0.1) is 6.54 Å². The van der Waals surface area contributed by atoms with E-state index in [2.05, 4.69) is 35.9 Å². The second-order valence-electron chi connectivity index (χ2n) is 3.28. The van der Waals surface area contributed by atoms with Gasteiger partial charge in [-0.25, -0.2) is 0 Å². The van der Waals surface area contributed by atoms with E-state index in [0.717, 1.165) is 18.8 Å². The van der Waals surface area contributed by atoms with Crippen molar-refractivity contribution in [2.45, 2.75) is 32.7 Å². The highest BCUT2D eigenvalue weighted by atomic mass is 16.5. The Morgan fingerprint density at radius 1 is 1.64 bits per heavy atom. The molecule has 1 atom stereocenters. The molecule has 0 saturated heterocycles. The Kier molecular flexibility index (Phi) is 4.32. The van der Waals surface area contributed by atoms with Crippen LogP contribution in [0.25, 0.3) is 0 Å². The highest BCUT2D eigenvalue weighted by Gasteiger charge is 2.10. The first-order chi connectivity index (χ1) is 6.77. The largest absolute Gasteiger partial charge is 0.338 e. The van der Waals surface area contributed by atoms with Crippen molar-refractivity contribution < 1.29 is 4.52 Å². The Morgan fingerprint density at radius 3 is 3.07 bits per heavy atom. The quantitative estimate of drug-likeness (QED) is 0.556. The summed E-state index contributed by atoms with van der Waals surface area (Å²) < 4.78 is 5.08. The maximum atomic E-state index is 5.08. The molecule has 4 heteroatoms. The van der Waals surface area contributed by atoms with Crippen LogP contribution in [0.1, 0.15) is 37.9 Å². The van der Waals surface area contributed by atoms with Crippen molar-refractivity contribution in [3.8, 4) is 0 Å². The molecule has 1 rings (SSSR count). The predicted molar refractivity (Wildman–Crippen MR) is 54.9 cm³/mol. The SMILES string of the molecule is C=CCNCc1nc(C(C)CC)no1. The minimum Gasteiger partial charge on any atom is -0.338 e. The van der Waals surface area contributed by atoms with Crippen LogP contribution in [0.5, 0.6) is 0 Å². The van der Waals surface area contributed by atoms with Crippen molar-refractivity contribution in [3.63, 3.8) is 0 Å². The number of hydrogen-bond donors (Lipinski definition) is 1.